The largest absolute Gasteiger partial charge is 0.382 e. The third kappa shape index (κ3) is 6.38. The summed E-state index contributed by atoms with van der Waals surface area (Å²) in [5.41, 5.74) is 6.04. The van der Waals surface area contributed by atoms with Crippen LogP contribution in [0.2, 0.25) is 0 Å². The monoisotopic (exact) mass is 289 g/mol. The van der Waals surface area contributed by atoms with E-state index in [1.54, 1.807) is 7.11 Å². The second kappa shape index (κ2) is 9.77. The van der Waals surface area contributed by atoms with Crippen molar-refractivity contribution in [3.05, 3.63) is 35.4 Å². The van der Waals surface area contributed by atoms with Crippen molar-refractivity contribution < 1.29 is 23.0 Å². The van der Waals surface area contributed by atoms with Crippen LogP contribution in [-0.2, 0) is 14.2 Å². The Labute approximate surface area is 117 Å². The molecule has 0 spiro atoms. The Hall–Kier alpha value is -1.08. The summed E-state index contributed by atoms with van der Waals surface area (Å²) in [6.45, 7) is 2.35. The van der Waals surface area contributed by atoms with Crippen molar-refractivity contribution in [2.75, 3.05) is 40.1 Å². The number of hydrogen-bond donors (Lipinski definition) is 1. The van der Waals surface area contributed by atoms with Crippen LogP contribution in [-0.4, -0.2) is 40.1 Å². The second-order valence-electron chi connectivity index (χ2n) is 4.31. The first-order valence-corrected chi connectivity index (χ1v) is 6.50. The molecule has 1 atom stereocenters. The van der Waals surface area contributed by atoms with Crippen molar-refractivity contribution in [3.63, 3.8) is 0 Å². The summed E-state index contributed by atoms with van der Waals surface area (Å²) in [6, 6.07) is 2.73. The smallest absolute Gasteiger partial charge is 0.130 e. The zero-order valence-electron chi connectivity index (χ0n) is 11.6. The van der Waals surface area contributed by atoms with Crippen LogP contribution >= 0.6 is 0 Å². The number of benzene rings is 1. The van der Waals surface area contributed by atoms with Crippen molar-refractivity contribution >= 4 is 0 Å². The number of hydrogen-bond acceptors (Lipinski definition) is 4. The van der Waals surface area contributed by atoms with E-state index in [-0.39, 0.29) is 12.2 Å². The molecule has 1 unspecified atom stereocenters. The molecule has 0 amide bonds. The van der Waals surface area contributed by atoms with Gasteiger partial charge in [0.25, 0.3) is 0 Å². The number of nitrogens with two attached hydrogens (primary N) is 1. The molecule has 20 heavy (non-hydrogen) atoms. The molecule has 0 aromatic heterocycles. The molecule has 6 heteroatoms. The highest BCUT2D eigenvalue weighted by atomic mass is 19.1. The maximum atomic E-state index is 13.4. The second-order valence-corrected chi connectivity index (χ2v) is 4.31. The zero-order chi connectivity index (χ0) is 14.8. The first-order chi connectivity index (χ1) is 9.65. The summed E-state index contributed by atoms with van der Waals surface area (Å²) in [6.07, 6.45) is 0.725. The molecule has 0 saturated carbocycles. The summed E-state index contributed by atoms with van der Waals surface area (Å²) < 4.78 is 41.6. The highest BCUT2D eigenvalue weighted by Gasteiger charge is 2.12. The third-order valence-electron chi connectivity index (χ3n) is 2.67. The molecule has 1 rings (SSSR count). The summed E-state index contributed by atoms with van der Waals surface area (Å²) in [7, 11) is 1.61. The first-order valence-electron chi connectivity index (χ1n) is 6.50. The normalized spacial score (nSPS) is 12.6. The molecule has 0 heterocycles. The van der Waals surface area contributed by atoms with Gasteiger partial charge in [0.1, 0.15) is 11.6 Å². The Morgan fingerprint density at radius 1 is 1.10 bits per heavy atom. The van der Waals surface area contributed by atoms with Crippen molar-refractivity contribution in [3.8, 4) is 0 Å². The minimum absolute atomic E-state index is 0.181. The Bertz CT molecular complexity index is 391. The van der Waals surface area contributed by atoms with E-state index in [1.807, 2.05) is 0 Å². The maximum absolute atomic E-state index is 13.4. The number of methoxy groups -OCH3 is 1. The topological polar surface area (TPSA) is 53.7 Å². The first kappa shape index (κ1) is 17.0. The molecular formula is C14H21F2NO3. The van der Waals surface area contributed by atoms with Gasteiger partial charge >= 0.3 is 0 Å². The van der Waals surface area contributed by atoms with E-state index < -0.39 is 17.7 Å². The summed E-state index contributed by atoms with van der Waals surface area (Å²) in [5.74, 6) is -1.27. The summed E-state index contributed by atoms with van der Waals surface area (Å²) >= 11 is 0. The van der Waals surface area contributed by atoms with Crippen molar-refractivity contribution in [2.24, 2.45) is 5.73 Å². The van der Waals surface area contributed by atoms with Crippen LogP contribution in [0.5, 0.6) is 0 Å². The van der Waals surface area contributed by atoms with Gasteiger partial charge in [0.05, 0.1) is 25.9 Å². The Balaban J connectivity index is 2.15. The SMILES string of the molecule is COCCOCCCOCC(N)c1ccc(F)cc1F. The fourth-order valence-corrected chi connectivity index (χ4v) is 1.61. The molecule has 2 N–H and O–H groups in total. The lowest BCUT2D eigenvalue weighted by molar-refractivity contribution is 0.0490. The Kier molecular flexibility index (Phi) is 8.29. The van der Waals surface area contributed by atoms with E-state index in [4.69, 9.17) is 19.9 Å². The van der Waals surface area contributed by atoms with Crippen LogP contribution in [0, 0.1) is 11.6 Å². The molecule has 0 bridgehead atoms. The molecule has 4 nitrogen and oxygen atoms in total. The highest BCUT2D eigenvalue weighted by Crippen LogP contribution is 2.16. The fourth-order valence-electron chi connectivity index (χ4n) is 1.61. The van der Waals surface area contributed by atoms with Gasteiger partial charge in [-0.2, -0.15) is 0 Å². The van der Waals surface area contributed by atoms with Crippen LogP contribution in [0.4, 0.5) is 8.78 Å². The molecule has 1 aromatic rings. The van der Waals surface area contributed by atoms with Crippen LogP contribution in [0.3, 0.4) is 0 Å². The molecule has 0 aliphatic heterocycles. The quantitative estimate of drug-likeness (QED) is 0.670. The summed E-state index contributed by atoms with van der Waals surface area (Å²) in [5, 5.41) is 0. The molecule has 114 valence electrons. The third-order valence-corrected chi connectivity index (χ3v) is 2.67. The molecule has 0 radical (unpaired) electrons. The minimum atomic E-state index is -0.649. The van der Waals surface area contributed by atoms with E-state index in [0.717, 1.165) is 12.5 Å². The molecule has 0 saturated heterocycles. The lowest BCUT2D eigenvalue weighted by Crippen LogP contribution is -2.19. The van der Waals surface area contributed by atoms with Gasteiger partial charge < -0.3 is 19.9 Å². The van der Waals surface area contributed by atoms with Gasteiger partial charge in [-0.05, 0) is 12.5 Å². The molecule has 1 aromatic carbocycles. The lowest BCUT2D eigenvalue weighted by Gasteiger charge is -2.13. The predicted molar refractivity (Wildman–Crippen MR) is 71.4 cm³/mol. The van der Waals surface area contributed by atoms with E-state index in [1.165, 1.54) is 12.1 Å². The van der Waals surface area contributed by atoms with Crippen molar-refractivity contribution in [1.82, 2.24) is 0 Å². The molecule has 0 aliphatic carbocycles. The number of ether oxygens (including phenoxy) is 3. The molecular weight excluding hydrogens is 268 g/mol. The van der Waals surface area contributed by atoms with Gasteiger partial charge in [0.2, 0.25) is 0 Å². The van der Waals surface area contributed by atoms with Crippen LogP contribution in [0.15, 0.2) is 18.2 Å². The minimum Gasteiger partial charge on any atom is -0.382 e. The van der Waals surface area contributed by atoms with Crippen molar-refractivity contribution in [1.29, 1.82) is 0 Å². The van der Waals surface area contributed by atoms with Gasteiger partial charge in [0, 0.05) is 32.0 Å². The van der Waals surface area contributed by atoms with Gasteiger partial charge in [-0.15, -0.1) is 0 Å². The summed E-state index contributed by atoms with van der Waals surface area (Å²) in [4.78, 5) is 0. The molecule has 0 fully saturated rings. The number of halogens is 2. The average Bonchev–Trinajstić information content (AvgIpc) is 2.41. The number of rotatable bonds is 10. The predicted octanol–water partition coefficient (Wildman–Crippen LogP) is 2.03. The van der Waals surface area contributed by atoms with Crippen LogP contribution < -0.4 is 5.73 Å². The van der Waals surface area contributed by atoms with E-state index >= 15 is 0 Å². The van der Waals surface area contributed by atoms with Gasteiger partial charge in [-0.3, -0.25) is 0 Å². The fraction of sp³-hybridized carbons (Fsp3) is 0.571. The van der Waals surface area contributed by atoms with Gasteiger partial charge in [-0.1, -0.05) is 6.07 Å². The zero-order valence-corrected chi connectivity index (χ0v) is 11.6. The van der Waals surface area contributed by atoms with E-state index in [0.29, 0.717) is 26.4 Å². The Morgan fingerprint density at radius 2 is 1.85 bits per heavy atom. The van der Waals surface area contributed by atoms with Gasteiger partial charge in [0.15, 0.2) is 0 Å². The van der Waals surface area contributed by atoms with Crippen molar-refractivity contribution in [2.45, 2.75) is 12.5 Å². The van der Waals surface area contributed by atoms with E-state index in [9.17, 15) is 8.78 Å². The lowest BCUT2D eigenvalue weighted by atomic mass is 10.1. The maximum Gasteiger partial charge on any atom is 0.130 e. The van der Waals surface area contributed by atoms with Crippen LogP contribution in [0.1, 0.15) is 18.0 Å². The highest BCUT2D eigenvalue weighted by molar-refractivity contribution is 5.21. The standard InChI is InChI=1S/C14H21F2NO3/c1-18-7-8-19-5-2-6-20-10-14(17)12-4-3-11(15)9-13(12)16/h3-4,9,14H,2,5-8,10,17H2,1H3. The molecule has 0 aliphatic rings. The Morgan fingerprint density at radius 3 is 2.55 bits per heavy atom. The van der Waals surface area contributed by atoms with Crippen LogP contribution in [0.25, 0.3) is 0 Å². The average molecular weight is 289 g/mol. The van der Waals surface area contributed by atoms with E-state index in [2.05, 4.69) is 0 Å². The van der Waals surface area contributed by atoms with Gasteiger partial charge in [-0.25, -0.2) is 8.78 Å².